The van der Waals surface area contributed by atoms with Crippen molar-refractivity contribution in [1.29, 1.82) is 0 Å². The number of aromatic nitrogens is 2. The molecule has 0 N–H and O–H groups in total. The SMILES string of the molecule is CCc1nc(-c2cc(C)ccc2C)c(CC)nc1C1=C(OC)CCC=C1OC. The van der Waals surface area contributed by atoms with Crippen molar-refractivity contribution in [3.63, 3.8) is 0 Å². The molecule has 0 saturated carbocycles. The van der Waals surface area contributed by atoms with Gasteiger partial charge in [-0.05, 0) is 50.8 Å². The van der Waals surface area contributed by atoms with Crippen LogP contribution in [0.4, 0.5) is 0 Å². The quantitative estimate of drug-likeness (QED) is 0.659. The smallest absolute Gasteiger partial charge is 0.127 e. The van der Waals surface area contributed by atoms with Gasteiger partial charge < -0.3 is 9.47 Å². The van der Waals surface area contributed by atoms with Crippen molar-refractivity contribution >= 4 is 5.57 Å². The van der Waals surface area contributed by atoms with Crippen molar-refractivity contribution in [2.75, 3.05) is 14.2 Å². The van der Waals surface area contributed by atoms with E-state index < -0.39 is 0 Å². The van der Waals surface area contributed by atoms with Gasteiger partial charge >= 0.3 is 0 Å². The summed E-state index contributed by atoms with van der Waals surface area (Å²) in [6.07, 6.45) is 5.48. The van der Waals surface area contributed by atoms with Crippen LogP contribution in [0.25, 0.3) is 16.8 Å². The molecular weight excluding hydrogens is 348 g/mol. The van der Waals surface area contributed by atoms with Crippen molar-refractivity contribution < 1.29 is 9.47 Å². The lowest BCUT2D eigenvalue weighted by molar-refractivity contribution is 0.263. The summed E-state index contributed by atoms with van der Waals surface area (Å²) < 4.78 is 11.4. The maximum absolute atomic E-state index is 5.70. The minimum absolute atomic E-state index is 0.793. The first kappa shape index (κ1) is 20.1. The molecule has 0 aliphatic heterocycles. The Labute approximate surface area is 168 Å². The van der Waals surface area contributed by atoms with Crippen LogP contribution in [0, 0.1) is 13.8 Å². The molecule has 0 bridgehead atoms. The first-order valence-electron chi connectivity index (χ1n) is 10.0. The van der Waals surface area contributed by atoms with Gasteiger partial charge in [0.2, 0.25) is 0 Å². The van der Waals surface area contributed by atoms with E-state index in [1.165, 1.54) is 11.1 Å². The van der Waals surface area contributed by atoms with Crippen LogP contribution in [-0.2, 0) is 22.3 Å². The van der Waals surface area contributed by atoms with E-state index in [9.17, 15) is 0 Å². The van der Waals surface area contributed by atoms with Crippen LogP contribution in [0.2, 0.25) is 0 Å². The van der Waals surface area contributed by atoms with E-state index in [-0.39, 0.29) is 0 Å². The minimum Gasteiger partial charge on any atom is -0.500 e. The maximum Gasteiger partial charge on any atom is 0.127 e. The van der Waals surface area contributed by atoms with Gasteiger partial charge in [0.25, 0.3) is 0 Å². The highest BCUT2D eigenvalue weighted by Gasteiger charge is 2.25. The Hall–Kier alpha value is -2.62. The fourth-order valence-corrected chi connectivity index (χ4v) is 3.74. The molecule has 2 aromatic rings. The number of rotatable bonds is 6. The number of nitrogens with zero attached hydrogens (tertiary/aromatic N) is 2. The van der Waals surface area contributed by atoms with Gasteiger partial charge in [-0.25, -0.2) is 9.97 Å². The lowest BCUT2D eigenvalue weighted by Crippen LogP contribution is -2.12. The molecule has 0 saturated heterocycles. The third kappa shape index (κ3) is 3.68. The Balaban J connectivity index is 2.26. The van der Waals surface area contributed by atoms with Crippen LogP contribution in [-0.4, -0.2) is 24.2 Å². The third-order valence-electron chi connectivity index (χ3n) is 5.29. The van der Waals surface area contributed by atoms with Crippen LogP contribution in [0.1, 0.15) is 54.9 Å². The lowest BCUT2D eigenvalue weighted by Gasteiger charge is -2.22. The summed E-state index contributed by atoms with van der Waals surface area (Å²) >= 11 is 0. The molecule has 3 rings (SSSR count). The Morgan fingerprint density at radius 3 is 2.25 bits per heavy atom. The van der Waals surface area contributed by atoms with Gasteiger partial charge in [-0.2, -0.15) is 0 Å². The summed E-state index contributed by atoms with van der Waals surface area (Å²) in [5, 5.41) is 0. The molecule has 0 unspecified atom stereocenters. The third-order valence-corrected chi connectivity index (χ3v) is 5.29. The average Bonchev–Trinajstić information content (AvgIpc) is 2.73. The van der Waals surface area contributed by atoms with E-state index >= 15 is 0 Å². The Morgan fingerprint density at radius 1 is 0.929 bits per heavy atom. The minimum atomic E-state index is 0.793. The van der Waals surface area contributed by atoms with Gasteiger partial charge in [-0.3, -0.25) is 0 Å². The number of methoxy groups -OCH3 is 2. The van der Waals surface area contributed by atoms with E-state index in [2.05, 4.69) is 52.0 Å². The highest BCUT2D eigenvalue weighted by atomic mass is 16.5. The Bertz CT molecular complexity index is 942. The molecule has 1 aromatic heterocycles. The highest BCUT2D eigenvalue weighted by Crippen LogP contribution is 2.36. The van der Waals surface area contributed by atoms with Crippen LogP contribution < -0.4 is 0 Å². The molecule has 1 aliphatic carbocycles. The average molecular weight is 379 g/mol. The molecule has 0 fully saturated rings. The van der Waals surface area contributed by atoms with Crippen LogP contribution in [0.5, 0.6) is 0 Å². The van der Waals surface area contributed by atoms with Crippen LogP contribution >= 0.6 is 0 Å². The fourth-order valence-electron chi connectivity index (χ4n) is 3.74. The molecule has 0 radical (unpaired) electrons. The number of aryl methyl sites for hydroxylation is 4. The summed E-state index contributed by atoms with van der Waals surface area (Å²) in [5.74, 6) is 1.75. The largest absolute Gasteiger partial charge is 0.500 e. The van der Waals surface area contributed by atoms with Gasteiger partial charge in [-0.1, -0.05) is 31.5 Å². The second kappa shape index (κ2) is 8.59. The molecule has 1 aliphatic rings. The lowest BCUT2D eigenvalue weighted by atomic mass is 9.95. The summed E-state index contributed by atoms with van der Waals surface area (Å²) in [5.41, 5.74) is 8.41. The molecule has 4 nitrogen and oxygen atoms in total. The number of hydrogen-bond acceptors (Lipinski definition) is 4. The predicted octanol–water partition coefficient (Wildman–Crippen LogP) is 5.57. The first-order valence-corrected chi connectivity index (χ1v) is 10.0. The van der Waals surface area contributed by atoms with Crippen molar-refractivity contribution in [1.82, 2.24) is 9.97 Å². The zero-order chi connectivity index (χ0) is 20.3. The van der Waals surface area contributed by atoms with Crippen molar-refractivity contribution in [2.45, 2.75) is 53.4 Å². The highest BCUT2D eigenvalue weighted by molar-refractivity contribution is 5.80. The van der Waals surface area contributed by atoms with Gasteiger partial charge in [0, 0.05) is 12.0 Å². The monoisotopic (exact) mass is 378 g/mol. The molecule has 1 aromatic carbocycles. The molecule has 0 amide bonds. The molecule has 0 spiro atoms. The molecule has 28 heavy (non-hydrogen) atoms. The molecule has 4 heteroatoms. The van der Waals surface area contributed by atoms with Gasteiger partial charge in [0.1, 0.15) is 11.5 Å². The summed E-state index contributed by atoms with van der Waals surface area (Å²) in [6, 6.07) is 6.50. The summed E-state index contributed by atoms with van der Waals surface area (Å²) in [6.45, 7) is 8.50. The van der Waals surface area contributed by atoms with Gasteiger partial charge in [0.15, 0.2) is 0 Å². The molecular formula is C24H30N2O2. The Morgan fingerprint density at radius 2 is 1.61 bits per heavy atom. The standard InChI is InChI=1S/C24H30N2O2/c1-7-18-23(17-14-15(3)12-13-16(17)4)25-19(8-2)24(26-18)22-20(27-5)10-9-11-21(22)28-6/h10,12-14H,7-9,11H2,1-6H3. The zero-order valence-electron chi connectivity index (χ0n) is 17.8. The topological polar surface area (TPSA) is 44.2 Å². The van der Waals surface area contributed by atoms with Gasteiger partial charge in [-0.15, -0.1) is 0 Å². The van der Waals surface area contributed by atoms with Gasteiger partial charge in [0.05, 0.1) is 42.6 Å². The van der Waals surface area contributed by atoms with Crippen molar-refractivity contribution in [3.8, 4) is 11.3 Å². The first-order chi connectivity index (χ1) is 13.5. The van der Waals surface area contributed by atoms with E-state index in [0.29, 0.717) is 0 Å². The zero-order valence-corrected chi connectivity index (χ0v) is 17.8. The Kier molecular flexibility index (Phi) is 6.18. The van der Waals surface area contributed by atoms with E-state index in [1.54, 1.807) is 14.2 Å². The maximum atomic E-state index is 5.70. The number of ether oxygens (including phenoxy) is 2. The van der Waals surface area contributed by atoms with E-state index in [0.717, 1.165) is 71.1 Å². The van der Waals surface area contributed by atoms with Crippen LogP contribution in [0.3, 0.4) is 0 Å². The second-order valence-electron chi connectivity index (χ2n) is 7.15. The number of allylic oxidation sites excluding steroid dienone is 3. The number of hydrogen-bond donors (Lipinski definition) is 0. The van der Waals surface area contributed by atoms with E-state index in [1.807, 2.05) is 0 Å². The molecule has 0 atom stereocenters. The molecule has 1 heterocycles. The summed E-state index contributed by atoms with van der Waals surface area (Å²) in [7, 11) is 3.42. The normalized spacial score (nSPS) is 14.1. The molecule has 148 valence electrons. The predicted molar refractivity (Wildman–Crippen MR) is 114 cm³/mol. The van der Waals surface area contributed by atoms with Crippen molar-refractivity contribution in [3.05, 3.63) is 64.0 Å². The van der Waals surface area contributed by atoms with Crippen molar-refractivity contribution in [2.24, 2.45) is 0 Å². The van der Waals surface area contributed by atoms with E-state index in [4.69, 9.17) is 19.4 Å². The number of benzene rings is 1. The fraction of sp³-hybridized carbons (Fsp3) is 0.417. The second-order valence-corrected chi connectivity index (χ2v) is 7.15. The van der Waals surface area contributed by atoms with Crippen LogP contribution in [0.15, 0.2) is 35.8 Å². The summed E-state index contributed by atoms with van der Waals surface area (Å²) in [4.78, 5) is 10.2.